The van der Waals surface area contributed by atoms with E-state index in [1.807, 2.05) is 67.6 Å². The predicted octanol–water partition coefficient (Wildman–Crippen LogP) is 2.32. The average molecular weight is 252 g/mol. The summed E-state index contributed by atoms with van der Waals surface area (Å²) in [5.41, 5.74) is 1.53. The molecule has 0 saturated carbocycles. The van der Waals surface area contributed by atoms with Crippen molar-refractivity contribution in [3.8, 4) is 0 Å². The number of carbonyl (C=O) groups excluding carboxylic acids is 1. The summed E-state index contributed by atoms with van der Waals surface area (Å²) >= 11 is 0. The Morgan fingerprint density at radius 1 is 0.947 bits per heavy atom. The van der Waals surface area contributed by atoms with E-state index in [-0.39, 0.29) is 11.9 Å². The van der Waals surface area contributed by atoms with Gasteiger partial charge in [-0.3, -0.25) is 10.1 Å². The zero-order chi connectivity index (χ0) is 13.3. The third-order valence-electron chi connectivity index (χ3n) is 3.55. The first kappa shape index (κ1) is 11.9. The van der Waals surface area contributed by atoms with Crippen molar-refractivity contribution in [2.75, 3.05) is 0 Å². The predicted molar refractivity (Wildman–Crippen MR) is 74.3 cm³/mol. The van der Waals surface area contributed by atoms with Gasteiger partial charge in [0, 0.05) is 0 Å². The van der Waals surface area contributed by atoms with Crippen LogP contribution in [0.25, 0.3) is 0 Å². The van der Waals surface area contributed by atoms with Gasteiger partial charge in [-0.1, -0.05) is 60.7 Å². The molecule has 0 radical (unpaired) electrons. The lowest BCUT2D eigenvalue weighted by Crippen LogP contribution is -2.43. The van der Waals surface area contributed by atoms with Gasteiger partial charge in [0.1, 0.15) is 11.7 Å². The monoisotopic (exact) mass is 252 g/mol. The summed E-state index contributed by atoms with van der Waals surface area (Å²) in [4.78, 5) is 12.2. The maximum absolute atomic E-state index is 12.2. The molecule has 1 fully saturated rings. The zero-order valence-corrected chi connectivity index (χ0v) is 10.8. The van der Waals surface area contributed by atoms with E-state index >= 15 is 0 Å². The van der Waals surface area contributed by atoms with E-state index in [1.165, 1.54) is 0 Å². The number of nitrogens with one attached hydrogen (secondary N) is 2. The minimum Gasteiger partial charge on any atom is -0.333 e. The summed E-state index contributed by atoms with van der Waals surface area (Å²) < 4.78 is 0. The van der Waals surface area contributed by atoms with Crippen LogP contribution in [0.4, 0.5) is 0 Å². The maximum Gasteiger partial charge on any atom is 0.243 e. The fourth-order valence-electron chi connectivity index (χ4n) is 2.52. The van der Waals surface area contributed by atoms with Crippen molar-refractivity contribution in [2.45, 2.75) is 18.6 Å². The van der Waals surface area contributed by atoms with Crippen molar-refractivity contribution in [3.05, 3.63) is 71.8 Å². The Kier molecular flexibility index (Phi) is 2.84. The highest BCUT2D eigenvalue weighted by Crippen LogP contribution is 2.29. The van der Waals surface area contributed by atoms with E-state index in [1.54, 1.807) is 0 Å². The Morgan fingerprint density at radius 2 is 1.53 bits per heavy atom. The fraction of sp³-hybridized carbons (Fsp3) is 0.188. The quantitative estimate of drug-likeness (QED) is 0.861. The first-order valence-electron chi connectivity index (χ1n) is 6.39. The summed E-state index contributed by atoms with van der Waals surface area (Å²) in [6.07, 6.45) is 0. The Labute approximate surface area is 112 Å². The highest BCUT2D eigenvalue weighted by atomic mass is 16.2. The molecule has 3 heteroatoms. The van der Waals surface area contributed by atoms with Crippen LogP contribution >= 0.6 is 0 Å². The van der Waals surface area contributed by atoms with Crippen molar-refractivity contribution >= 4 is 5.91 Å². The third-order valence-corrected chi connectivity index (χ3v) is 3.55. The molecule has 3 nitrogen and oxygen atoms in total. The molecule has 2 aromatic rings. The number of benzene rings is 2. The van der Waals surface area contributed by atoms with E-state index in [2.05, 4.69) is 10.6 Å². The van der Waals surface area contributed by atoms with Gasteiger partial charge in [-0.25, -0.2) is 0 Å². The topological polar surface area (TPSA) is 41.1 Å². The number of hydrogen-bond acceptors (Lipinski definition) is 2. The van der Waals surface area contributed by atoms with Crippen molar-refractivity contribution in [1.29, 1.82) is 0 Å². The smallest absolute Gasteiger partial charge is 0.243 e. The van der Waals surface area contributed by atoms with Crippen LogP contribution in [0.15, 0.2) is 60.7 Å². The minimum atomic E-state index is -0.515. The lowest BCUT2D eigenvalue weighted by Gasteiger charge is -2.25. The van der Waals surface area contributed by atoms with Gasteiger partial charge < -0.3 is 5.32 Å². The van der Waals surface area contributed by atoms with Gasteiger partial charge in [0.15, 0.2) is 0 Å². The van der Waals surface area contributed by atoms with Crippen molar-refractivity contribution in [3.63, 3.8) is 0 Å². The summed E-state index contributed by atoms with van der Waals surface area (Å²) in [5, 5.41) is 6.43. The number of hydrogen-bond donors (Lipinski definition) is 2. The molecule has 2 unspecified atom stereocenters. The summed E-state index contributed by atoms with van der Waals surface area (Å²) in [6, 6.07) is 19.4. The van der Waals surface area contributed by atoms with Crippen LogP contribution in [0.2, 0.25) is 0 Å². The zero-order valence-electron chi connectivity index (χ0n) is 10.8. The minimum absolute atomic E-state index is 0.0116. The lowest BCUT2D eigenvalue weighted by atomic mass is 10.0. The first-order valence-corrected chi connectivity index (χ1v) is 6.39. The van der Waals surface area contributed by atoms with Crippen LogP contribution in [0, 0.1) is 0 Å². The van der Waals surface area contributed by atoms with E-state index in [9.17, 15) is 4.79 Å². The molecule has 96 valence electrons. The Bertz CT molecular complexity index is 582. The molecule has 2 N–H and O–H groups in total. The van der Waals surface area contributed by atoms with E-state index in [0.717, 1.165) is 11.1 Å². The highest BCUT2D eigenvalue weighted by Gasteiger charge is 2.41. The normalized spacial score (nSPS) is 26.2. The largest absolute Gasteiger partial charge is 0.333 e. The number of amides is 1. The van der Waals surface area contributed by atoms with Crippen LogP contribution in [0.3, 0.4) is 0 Å². The van der Waals surface area contributed by atoms with Gasteiger partial charge in [0.25, 0.3) is 0 Å². The molecule has 0 spiro atoms. The molecule has 1 heterocycles. The van der Waals surface area contributed by atoms with Crippen LogP contribution < -0.4 is 10.6 Å². The molecule has 2 atom stereocenters. The van der Waals surface area contributed by atoms with Gasteiger partial charge in [-0.2, -0.15) is 0 Å². The SMILES string of the molecule is CC1(c2ccccc2)NC(=O)C(c2ccccc2)N1. The fourth-order valence-corrected chi connectivity index (χ4v) is 2.52. The van der Waals surface area contributed by atoms with Crippen molar-refractivity contribution in [2.24, 2.45) is 0 Å². The second-order valence-electron chi connectivity index (χ2n) is 4.97. The highest BCUT2D eigenvalue weighted by molar-refractivity contribution is 5.86. The molecule has 1 aliphatic heterocycles. The summed E-state index contributed by atoms with van der Waals surface area (Å²) in [6.45, 7) is 1.99. The summed E-state index contributed by atoms with van der Waals surface area (Å²) in [7, 11) is 0. The van der Waals surface area contributed by atoms with Crippen molar-refractivity contribution in [1.82, 2.24) is 10.6 Å². The molecule has 0 aromatic heterocycles. The Morgan fingerprint density at radius 3 is 2.16 bits per heavy atom. The van der Waals surface area contributed by atoms with Crippen LogP contribution in [0.5, 0.6) is 0 Å². The van der Waals surface area contributed by atoms with Gasteiger partial charge in [-0.15, -0.1) is 0 Å². The second-order valence-corrected chi connectivity index (χ2v) is 4.97. The molecule has 1 saturated heterocycles. The molecule has 1 aliphatic rings. The molecule has 2 aromatic carbocycles. The molecule has 0 aliphatic carbocycles. The van der Waals surface area contributed by atoms with Crippen molar-refractivity contribution < 1.29 is 4.79 Å². The van der Waals surface area contributed by atoms with Crippen LogP contribution in [-0.4, -0.2) is 5.91 Å². The number of rotatable bonds is 2. The Hall–Kier alpha value is -2.13. The van der Waals surface area contributed by atoms with E-state index in [4.69, 9.17) is 0 Å². The molecule has 3 rings (SSSR count). The standard InChI is InChI=1S/C16H16N2O/c1-16(13-10-6-3-7-11-13)17-14(15(19)18-16)12-8-4-2-5-9-12/h2-11,14,17H,1H3,(H,18,19). The molecule has 0 bridgehead atoms. The van der Waals surface area contributed by atoms with Gasteiger partial charge in [-0.05, 0) is 18.1 Å². The van der Waals surface area contributed by atoms with Gasteiger partial charge >= 0.3 is 0 Å². The molecule has 19 heavy (non-hydrogen) atoms. The molecular weight excluding hydrogens is 236 g/mol. The van der Waals surface area contributed by atoms with Crippen LogP contribution in [-0.2, 0) is 10.5 Å². The first-order chi connectivity index (χ1) is 9.19. The number of carbonyl (C=O) groups is 1. The Balaban J connectivity index is 1.92. The van der Waals surface area contributed by atoms with E-state index < -0.39 is 5.66 Å². The molecular formula is C16H16N2O. The van der Waals surface area contributed by atoms with Gasteiger partial charge in [0.2, 0.25) is 5.91 Å². The average Bonchev–Trinajstić information content (AvgIpc) is 2.77. The van der Waals surface area contributed by atoms with E-state index in [0.29, 0.717) is 0 Å². The maximum atomic E-state index is 12.2. The van der Waals surface area contributed by atoms with Crippen LogP contribution in [0.1, 0.15) is 24.1 Å². The summed E-state index contributed by atoms with van der Waals surface area (Å²) in [5.74, 6) is 0.0116. The third kappa shape index (κ3) is 2.13. The second kappa shape index (κ2) is 4.52. The molecule has 1 amide bonds. The lowest BCUT2D eigenvalue weighted by molar-refractivity contribution is -0.121. The van der Waals surface area contributed by atoms with Gasteiger partial charge in [0.05, 0.1) is 0 Å².